The van der Waals surface area contributed by atoms with Crippen molar-refractivity contribution in [3.8, 4) is 0 Å². The second-order valence-electron chi connectivity index (χ2n) is 4.52. The Hall–Kier alpha value is -1.39. The maximum atomic E-state index is 12.1. The van der Waals surface area contributed by atoms with E-state index in [1.807, 2.05) is 0 Å². The van der Waals surface area contributed by atoms with Gasteiger partial charge in [0.15, 0.2) is 0 Å². The number of ether oxygens (including phenoxy) is 2. The Morgan fingerprint density at radius 3 is 2.56 bits per heavy atom. The summed E-state index contributed by atoms with van der Waals surface area (Å²) in [5, 5.41) is 0. The molecule has 0 N–H and O–H groups in total. The van der Waals surface area contributed by atoms with Gasteiger partial charge >= 0.3 is 11.9 Å². The van der Waals surface area contributed by atoms with E-state index in [2.05, 4.69) is 0 Å². The van der Waals surface area contributed by atoms with Crippen molar-refractivity contribution in [3.63, 3.8) is 0 Å². The van der Waals surface area contributed by atoms with E-state index in [0.717, 1.165) is 12.8 Å². The quantitative estimate of drug-likeness (QED) is 0.552. The molecule has 0 radical (unpaired) electrons. The fourth-order valence-corrected chi connectivity index (χ4v) is 2.31. The third-order valence-electron chi connectivity index (χ3n) is 3.29. The molecule has 0 spiro atoms. The Labute approximate surface area is 107 Å². The summed E-state index contributed by atoms with van der Waals surface area (Å²) < 4.78 is 9.86. The summed E-state index contributed by atoms with van der Waals surface area (Å²) >= 11 is 0. The lowest BCUT2D eigenvalue weighted by atomic mass is 9.71. The van der Waals surface area contributed by atoms with Gasteiger partial charge in [0.1, 0.15) is 11.2 Å². The maximum Gasteiger partial charge on any atom is 0.319 e. The molecule has 0 saturated heterocycles. The third-order valence-corrected chi connectivity index (χ3v) is 3.29. The van der Waals surface area contributed by atoms with Crippen LogP contribution in [0.2, 0.25) is 0 Å². The molecule has 1 aliphatic rings. The Morgan fingerprint density at radius 1 is 1.28 bits per heavy atom. The zero-order valence-electron chi connectivity index (χ0n) is 11.0. The van der Waals surface area contributed by atoms with E-state index in [9.17, 15) is 14.4 Å². The number of ketones is 1. The first-order valence-corrected chi connectivity index (χ1v) is 6.37. The number of carbonyl (C=O) groups is 3. The highest BCUT2D eigenvalue weighted by Gasteiger charge is 2.47. The molecule has 0 aromatic rings. The van der Waals surface area contributed by atoms with Gasteiger partial charge in [0, 0.05) is 19.8 Å². The highest BCUT2D eigenvalue weighted by Crippen LogP contribution is 2.37. The van der Waals surface area contributed by atoms with Crippen molar-refractivity contribution in [2.24, 2.45) is 5.41 Å². The van der Waals surface area contributed by atoms with E-state index in [4.69, 9.17) is 9.47 Å². The first-order chi connectivity index (χ1) is 8.53. The first kappa shape index (κ1) is 14.7. The number of rotatable bonds is 5. The minimum Gasteiger partial charge on any atom is -0.466 e. The van der Waals surface area contributed by atoms with Crippen LogP contribution in [-0.4, -0.2) is 30.9 Å². The van der Waals surface area contributed by atoms with E-state index in [1.165, 1.54) is 6.92 Å². The molecular weight excluding hydrogens is 236 g/mol. The van der Waals surface area contributed by atoms with Crippen LogP contribution < -0.4 is 0 Å². The fourth-order valence-electron chi connectivity index (χ4n) is 2.31. The molecule has 5 heteroatoms. The Balaban J connectivity index is 2.76. The molecule has 0 aliphatic heterocycles. The summed E-state index contributed by atoms with van der Waals surface area (Å²) in [7, 11) is 0. The van der Waals surface area contributed by atoms with Gasteiger partial charge in [-0.15, -0.1) is 0 Å². The molecule has 102 valence electrons. The van der Waals surface area contributed by atoms with Gasteiger partial charge in [-0.25, -0.2) is 0 Å². The number of esters is 2. The van der Waals surface area contributed by atoms with Gasteiger partial charge in [0.2, 0.25) is 0 Å². The zero-order chi connectivity index (χ0) is 13.6. The summed E-state index contributed by atoms with van der Waals surface area (Å²) in [5.41, 5.74) is -1.09. The predicted octanol–water partition coefficient (Wildman–Crippen LogP) is 1.63. The van der Waals surface area contributed by atoms with Crippen LogP contribution in [0.5, 0.6) is 0 Å². The van der Waals surface area contributed by atoms with E-state index in [1.54, 1.807) is 6.92 Å². The monoisotopic (exact) mass is 256 g/mol. The third kappa shape index (κ3) is 3.31. The van der Waals surface area contributed by atoms with Crippen molar-refractivity contribution >= 4 is 17.7 Å². The van der Waals surface area contributed by atoms with Crippen molar-refractivity contribution in [1.82, 2.24) is 0 Å². The van der Waals surface area contributed by atoms with Crippen LogP contribution in [0.1, 0.15) is 46.0 Å². The smallest absolute Gasteiger partial charge is 0.319 e. The van der Waals surface area contributed by atoms with E-state index < -0.39 is 17.4 Å². The molecule has 1 atom stereocenters. The van der Waals surface area contributed by atoms with Crippen molar-refractivity contribution in [1.29, 1.82) is 0 Å². The summed E-state index contributed by atoms with van der Waals surface area (Å²) in [6.07, 6.45) is 2.76. The van der Waals surface area contributed by atoms with Crippen molar-refractivity contribution < 1.29 is 23.9 Å². The number of hydrogen-bond donors (Lipinski definition) is 0. The summed E-state index contributed by atoms with van der Waals surface area (Å²) in [5.74, 6) is -0.960. The fraction of sp³-hybridized carbons (Fsp3) is 0.769. The molecule has 0 bridgehead atoms. The zero-order valence-corrected chi connectivity index (χ0v) is 11.0. The van der Waals surface area contributed by atoms with Crippen molar-refractivity contribution in [2.75, 3.05) is 13.2 Å². The summed E-state index contributed by atoms with van der Waals surface area (Å²) in [6, 6.07) is 0. The minimum atomic E-state index is -1.09. The highest BCUT2D eigenvalue weighted by molar-refractivity contribution is 6.04. The molecule has 0 amide bonds. The standard InChI is InChI=1S/C13H20O5/c1-3-17-12(16)13(8-9-18-10(2)14)7-5-4-6-11(13)15/h3-9H2,1-2H3/t13-/m1/s1. The Bertz CT molecular complexity index is 336. The van der Waals surface area contributed by atoms with Crippen LogP contribution in [0.3, 0.4) is 0 Å². The van der Waals surface area contributed by atoms with E-state index in [0.29, 0.717) is 12.8 Å². The molecule has 0 unspecified atom stereocenters. The molecule has 1 fully saturated rings. The van der Waals surface area contributed by atoms with Gasteiger partial charge in [0.05, 0.1) is 13.2 Å². The summed E-state index contributed by atoms with van der Waals surface area (Å²) in [4.78, 5) is 34.8. The Kier molecular flexibility index (Phi) is 5.31. The van der Waals surface area contributed by atoms with Gasteiger partial charge in [-0.3, -0.25) is 14.4 Å². The number of hydrogen-bond acceptors (Lipinski definition) is 5. The van der Waals surface area contributed by atoms with Crippen LogP contribution >= 0.6 is 0 Å². The lowest BCUT2D eigenvalue weighted by Crippen LogP contribution is -2.43. The van der Waals surface area contributed by atoms with Crippen LogP contribution in [0.4, 0.5) is 0 Å². The lowest BCUT2D eigenvalue weighted by Gasteiger charge is -2.33. The molecule has 5 nitrogen and oxygen atoms in total. The van der Waals surface area contributed by atoms with E-state index >= 15 is 0 Å². The average Bonchev–Trinajstić information content (AvgIpc) is 2.31. The van der Waals surface area contributed by atoms with Gasteiger partial charge in [-0.1, -0.05) is 6.42 Å². The molecule has 0 aromatic carbocycles. The highest BCUT2D eigenvalue weighted by atomic mass is 16.5. The number of Topliss-reactive ketones (excluding diaryl/α,β-unsaturated/α-hetero) is 1. The second-order valence-corrected chi connectivity index (χ2v) is 4.52. The largest absolute Gasteiger partial charge is 0.466 e. The van der Waals surface area contributed by atoms with Crippen LogP contribution in [0.25, 0.3) is 0 Å². The molecular formula is C13H20O5. The molecule has 18 heavy (non-hydrogen) atoms. The topological polar surface area (TPSA) is 69.7 Å². The Morgan fingerprint density at radius 2 is 2.00 bits per heavy atom. The number of carbonyl (C=O) groups excluding carboxylic acids is 3. The van der Waals surface area contributed by atoms with Crippen LogP contribution in [0, 0.1) is 5.41 Å². The maximum absolute atomic E-state index is 12.1. The van der Waals surface area contributed by atoms with Gasteiger partial charge < -0.3 is 9.47 Å². The minimum absolute atomic E-state index is 0.0832. The molecule has 0 heterocycles. The van der Waals surface area contributed by atoms with Gasteiger partial charge in [-0.05, 0) is 19.8 Å². The molecule has 0 aromatic heterocycles. The predicted molar refractivity (Wildman–Crippen MR) is 63.8 cm³/mol. The van der Waals surface area contributed by atoms with Crippen LogP contribution in [0.15, 0.2) is 0 Å². The lowest BCUT2D eigenvalue weighted by molar-refractivity contribution is -0.165. The average molecular weight is 256 g/mol. The van der Waals surface area contributed by atoms with Gasteiger partial charge in [-0.2, -0.15) is 0 Å². The van der Waals surface area contributed by atoms with E-state index in [-0.39, 0.29) is 25.4 Å². The molecule has 1 saturated carbocycles. The van der Waals surface area contributed by atoms with Gasteiger partial charge in [0.25, 0.3) is 0 Å². The SMILES string of the molecule is CCOC(=O)[C@@]1(CCOC(C)=O)CCCCC1=O. The molecule has 1 aliphatic carbocycles. The van der Waals surface area contributed by atoms with Crippen molar-refractivity contribution in [3.05, 3.63) is 0 Å². The first-order valence-electron chi connectivity index (χ1n) is 6.37. The molecule has 1 rings (SSSR count). The van der Waals surface area contributed by atoms with Crippen molar-refractivity contribution in [2.45, 2.75) is 46.0 Å². The normalized spacial score (nSPS) is 23.6. The summed E-state index contributed by atoms with van der Waals surface area (Å²) in [6.45, 7) is 3.35. The van der Waals surface area contributed by atoms with Crippen LogP contribution in [-0.2, 0) is 23.9 Å². The second kappa shape index (κ2) is 6.52.